The summed E-state index contributed by atoms with van der Waals surface area (Å²) in [5.74, 6) is -0.712. The zero-order chi connectivity index (χ0) is 21.6. The van der Waals surface area contributed by atoms with Gasteiger partial charge in [0.25, 0.3) is 11.8 Å². The molecule has 2 rings (SSSR count). The number of carbonyl (C=O) groups is 3. The second-order valence-electron chi connectivity index (χ2n) is 7.38. The van der Waals surface area contributed by atoms with Crippen molar-refractivity contribution in [3.63, 3.8) is 0 Å². The highest BCUT2D eigenvalue weighted by molar-refractivity contribution is 5.97. The third kappa shape index (κ3) is 5.93. The van der Waals surface area contributed by atoms with Gasteiger partial charge < -0.3 is 24.8 Å². The number of nitrogens with one attached hydrogen (secondary N) is 1. The first-order valence-corrected chi connectivity index (χ1v) is 9.83. The van der Waals surface area contributed by atoms with Gasteiger partial charge in [-0.2, -0.15) is 0 Å². The molecule has 160 valence electrons. The predicted octanol–water partition coefficient (Wildman–Crippen LogP) is 1.35. The minimum absolute atomic E-state index is 0.0387. The average Bonchev–Trinajstić information content (AvgIpc) is 2.70. The van der Waals surface area contributed by atoms with Crippen LogP contribution >= 0.6 is 0 Å². The molecule has 1 aromatic carbocycles. The van der Waals surface area contributed by atoms with E-state index in [0.29, 0.717) is 22.4 Å². The number of benzene rings is 1. The van der Waals surface area contributed by atoms with Crippen molar-refractivity contribution in [1.82, 2.24) is 10.2 Å². The number of methoxy groups -OCH3 is 1. The molecule has 0 aliphatic carbocycles. The molecule has 0 bridgehead atoms. The molecule has 2 atom stereocenters. The van der Waals surface area contributed by atoms with E-state index in [4.69, 9.17) is 4.74 Å². The number of nitrogens with zero attached hydrogens (tertiary/aromatic N) is 1. The van der Waals surface area contributed by atoms with Gasteiger partial charge in [0, 0.05) is 18.7 Å². The molecule has 0 radical (unpaired) electrons. The van der Waals surface area contributed by atoms with E-state index in [2.05, 4.69) is 10.1 Å². The number of rotatable bonds is 7. The lowest BCUT2D eigenvalue weighted by Gasteiger charge is -2.27. The fraction of sp³-hybridized carbons (Fsp3) is 0.571. The molecule has 0 aromatic heterocycles. The summed E-state index contributed by atoms with van der Waals surface area (Å²) in [6.07, 6.45) is 2.09. The molecule has 2 amide bonds. The number of aliphatic hydroxyl groups is 1. The highest BCUT2D eigenvalue weighted by atomic mass is 16.5. The topological polar surface area (TPSA) is 105 Å². The van der Waals surface area contributed by atoms with Gasteiger partial charge in [-0.05, 0) is 63.3 Å². The van der Waals surface area contributed by atoms with Crippen molar-refractivity contribution in [1.29, 1.82) is 0 Å². The number of piperidine rings is 1. The fourth-order valence-corrected chi connectivity index (χ4v) is 3.41. The van der Waals surface area contributed by atoms with Crippen molar-refractivity contribution in [3.8, 4) is 5.75 Å². The average molecular weight is 406 g/mol. The summed E-state index contributed by atoms with van der Waals surface area (Å²) in [4.78, 5) is 38.4. The second-order valence-corrected chi connectivity index (χ2v) is 7.38. The Bertz CT molecular complexity index is 733. The maximum atomic E-state index is 12.5. The van der Waals surface area contributed by atoms with Crippen LogP contribution < -0.4 is 10.1 Å². The van der Waals surface area contributed by atoms with Crippen molar-refractivity contribution >= 4 is 17.8 Å². The van der Waals surface area contributed by atoms with Crippen molar-refractivity contribution < 1.29 is 29.0 Å². The Hall–Kier alpha value is -2.61. The molecule has 1 saturated heterocycles. The molecular formula is C21H30N2O6. The van der Waals surface area contributed by atoms with E-state index < -0.39 is 24.0 Å². The van der Waals surface area contributed by atoms with Crippen molar-refractivity contribution in [2.24, 2.45) is 0 Å². The summed E-state index contributed by atoms with van der Waals surface area (Å²) in [6.45, 7) is 6.47. The van der Waals surface area contributed by atoms with Crippen LogP contribution in [0.5, 0.6) is 5.75 Å². The lowest BCUT2D eigenvalue weighted by molar-refractivity contribution is -0.145. The number of aryl methyl sites for hydroxylation is 2. The third-order valence-electron chi connectivity index (χ3n) is 5.00. The monoisotopic (exact) mass is 406 g/mol. The molecule has 2 unspecified atom stereocenters. The van der Waals surface area contributed by atoms with E-state index in [0.717, 1.165) is 32.4 Å². The second kappa shape index (κ2) is 10.2. The minimum atomic E-state index is -1.16. The summed E-state index contributed by atoms with van der Waals surface area (Å²) in [6, 6.07) is 2.09. The predicted molar refractivity (Wildman–Crippen MR) is 107 cm³/mol. The molecule has 0 saturated carbocycles. The Kier molecular flexibility index (Phi) is 8.01. The molecule has 8 nitrogen and oxygen atoms in total. The number of amides is 2. The number of carbonyl (C=O) groups excluding carboxylic acids is 3. The van der Waals surface area contributed by atoms with Crippen LogP contribution in [-0.4, -0.2) is 66.7 Å². The lowest BCUT2D eigenvalue weighted by Crippen LogP contribution is -2.48. The van der Waals surface area contributed by atoms with E-state index in [9.17, 15) is 19.5 Å². The summed E-state index contributed by atoms with van der Waals surface area (Å²) >= 11 is 0. The summed E-state index contributed by atoms with van der Waals surface area (Å²) in [5.41, 5.74) is 1.73. The molecule has 8 heteroatoms. The SMILES string of the molecule is COC(=O)C(NC(=O)c1cc(C)c(OCC(=O)N2CCCCC2)c(C)c1)C(C)O. The summed E-state index contributed by atoms with van der Waals surface area (Å²) in [5, 5.41) is 12.2. The molecule has 1 aromatic rings. The zero-order valence-electron chi connectivity index (χ0n) is 17.5. The van der Waals surface area contributed by atoms with Crippen LogP contribution in [0.1, 0.15) is 47.7 Å². The molecule has 1 aliphatic heterocycles. The molecule has 0 spiro atoms. The molecular weight excluding hydrogens is 376 g/mol. The Balaban J connectivity index is 2.06. The summed E-state index contributed by atoms with van der Waals surface area (Å²) in [7, 11) is 1.19. The molecule has 29 heavy (non-hydrogen) atoms. The van der Waals surface area contributed by atoms with Gasteiger partial charge in [-0.25, -0.2) is 4.79 Å². The van der Waals surface area contributed by atoms with Crippen LogP contribution in [0.25, 0.3) is 0 Å². The Labute approximate surface area is 171 Å². The number of hydrogen-bond donors (Lipinski definition) is 2. The highest BCUT2D eigenvalue weighted by Crippen LogP contribution is 2.25. The molecule has 1 fully saturated rings. The first-order chi connectivity index (χ1) is 13.7. The number of hydrogen-bond acceptors (Lipinski definition) is 6. The number of esters is 1. The third-order valence-corrected chi connectivity index (χ3v) is 5.00. The molecule has 2 N–H and O–H groups in total. The molecule has 1 aliphatic rings. The van der Waals surface area contributed by atoms with Gasteiger partial charge in [-0.1, -0.05) is 0 Å². The van der Waals surface area contributed by atoms with Gasteiger partial charge in [0.15, 0.2) is 12.6 Å². The first kappa shape index (κ1) is 22.7. The number of aliphatic hydroxyl groups excluding tert-OH is 1. The van der Waals surface area contributed by atoms with Crippen LogP contribution in [0.4, 0.5) is 0 Å². The number of likely N-dealkylation sites (tertiary alicyclic amines) is 1. The van der Waals surface area contributed by atoms with Crippen LogP contribution in [0.3, 0.4) is 0 Å². The van der Waals surface area contributed by atoms with Gasteiger partial charge >= 0.3 is 5.97 Å². The normalized spacial score (nSPS) is 16.0. The van der Waals surface area contributed by atoms with E-state index in [1.54, 1.807) is 26.0 Å². The molecule has 1 heterocycles. The van der Waals surface area contributed by atoms with Gasteiger partial charge in [-0.15, -0.1) is 0 Å². The highest BCUT2D eigenvalue weighted by Gasteiger charge is 2.27. The Morgan fingerprint density at radius 1 is 1.14 bits per heavy atom. The summed E-state index contributed by atoms with van der Waals surface area (Å²) < 4.78 is 10.4. The maximum Gasteiger partial charge on any atom is 0.331 e. The van der Waals surface area contributed by atoms with Crippen molar-refractivity contribution in [2.45, 2.75) is 52.2 Å². The standard InChI is InChI=1S/C21H30N2O6/c1-13-10-16(20(26)22-18(15(3)24)21(27)28-4)11-14(2)19(13)29-12-17(25)23-8-6-5-7-9-23/h10-11,15,18,24H,5-9,12H2,1-4H3,(H,22,26). The van der Waals surface area contributed by atoms with Crippen LogP contribution in [-0.2, 0) is 14.3 Å². The largest absolute Gasteiger partial charge is 0.483 e. The Morgan fingerprint density at radius 3 is 2.24 bits per heavy atom. The smallest absolute Gasteiger partial charge is 0.331 e. The fourth-order valence-electron chi connectivity index (χ4n) is 3.41. The van der Waals surface area contributed by atoms with Crippen molar-refractivity contribution in [2.75, 3.05) is 26.8 Å². The van der Waals surface area contributed by atoms with Gasteiger partial charge in [0.05, 0.1) is 13.2 Å². The van der Waals surface area contributed by atoms with Crippen LogP contribution in [0.15, 0.2) is 12.1 Å². The lowest BCUT2D eigenvalue weighted by atomic mass is 10.0. The Morgan fingerprint density at radius 2 is 1.72 bits per heavy atom. The van der Waals surface area contributed by atoms with Crippen LogP contribution in [0, 0.1) is 13.8 Å². The quantitative estimate of drug-likeness (QED) is 0.662. The minimum Gasteiger partial charge on any atom is -0.483 e. The van der Waals surface area contributed by atoms with Gasteiger partial charge in [0.2, 0.25) is 0 Å². The maximum absolute atomic E-state index is 12.5. The number of ether oxygens (including phenoxy) is 2. The van der Waals surface area contributed by atoms with Crippen LogP contribution in [0.2, 0.25) is 0 Å². The van der Waals surface area contributed by atoms with Gasteiger partial charge in [0.1, 0.15) is 5.75 Å². The first-order valence-electron chi connectivity index (χ1n) is 9.83. The van der Waals surface area contributed by atoms with E-state index in [-0.39, 0.29) is 12.5 Å². The van der Waals surface area contributed by atoms with E-state index in [1.807, 2.05) is 4.90 Å². The zero-order valence-corrected chi connectivity index (χ0v) is 17.5. The van der Waals surface area contributed by atoms with E-state index in [1.165, 1.54) is 14.0 Å². The van der Waals surface area contributed by atoms with Crippen molar-refractivity contribution in [3.05, 3.63) is 28.8 Å². The van der Waals surface area contributed by atoms with E-state index >= 15 is 0 Å². The van der Waals surface area contributed by atoms with Gasteiger partial charge in [-0.3, -0.25) is 9.59 Å².